The molecule has 3 nitrogen and oxygen atoms in total. The molecule has 0 aliphatic heterocycles. The number of guanidine groups is 1. The van der Waals surface area contributed by atoms with Crippen molar-refractivity contribution in [1.29, 1.82) is 0 Å². The summed E-state index contributed by atoms with van der Waals surface area (Å²) in [6.45, 7) is 6.15. The second-order valence-electron chi connectivity index (χ2n) is 6.39. The van der Waals surface area contributed by atoms with Gasteiger partial charge in [-0.05, 0) is 73.2 Å². The lowest BCUT2D eigenvalue weighted by atomic mass is 9.76. The quantitative estimate of drug-likeness (QED) is 0.638. The van der Waals surface area contributed by atoms with E-state index in [-0.39, 0.29) is 17.4 Å². The summed E-state index contributed by atoms with van der Waals surface area (Å²) in [5, 5.41) is 3.16. The summed E-state index contributed by atoms with van der Waals surface area (Å²) in [6.07, 6.45) is 1.93. The van der Waals surface area contributed by atoms with Crippen molar-refractivity contribution in [3.8, 4) is 0 Å². The van der Waals surface area contributed by atoms with Gasteiger partial charge in [-0.25, -0.2) is 4.39 Å². The van der Waals surface area contributed by atoms with Crippen LogP contribution in [0.1, 0.15) is 45.1 Å². The Morgan fingerprint density at radius 3 is 2.60 bits per heavy atom. The van der Waals surface area contributed by atoms with Gasteiger partial charge in [-0.15, -0.1) is 0 Å². The zero-order valence-electron chi connectivity index (χ0n) is 12.1. The maximum absolute atomic E-state index is 13.2. The highest BCUT2D eigenvalue weighted by molar-refractivity contribution is 9.10. The van der Waals surface area contributed by atoms with Gasteiger partial charge in [0.2, 0.25) is 0 Å². The highest BCUT2D eigenvalue weighted by Gasteiger charge is 2.30. The van der Waals surface area contributed by atoms with Gasteiger partial charge in [0.05, 0.1) is 10.5 Å². The molecule has 0 aromatic heterocycles. The van der Waals surface area contributed by atoms with Crippen molar-refractivity contribution < 1.29 is 4.39 Å². The van der Waals surface area contributed by atoms with Gasteiger partial charge in [0.25, 0.3) is 0 Å². The molecule has 1 aromatic carbocycles. The van der Waals surface area contributed by atoms with Crippen LogP contribution in [0.25, 0.3) is 0 Å². The largest absolute Gasteiger partial charge is 0.370 e. The maximum Gasteiger partial charge on any atom is 0.189 e. The standard InChI is InChI=1S/C15H21BrFN3/c1-15(2,3)20-14(18)19-11-6-10(7-11)9-4-5-13(17)12(16)8-9/h4-5,8,10-11H,6-7H2,1-3H3,(H3,18,19,20). The summed E-state index contributed by atoms with van der Waals surface area (Å²) in [5.74, 6) is 0.727. The summed E-state index contributed by atoms with van der Waals surface area (Å²) in [7, 11) is 0. The van der Waals surface area contributed by atoms with Gasteiger partial charge in [-0.2, -0.15) is 0 Å². The predicted molar refractivity (Wildman–Crippen MR) is 84.4 cm³/mol. The van der Waals surface area contributed by atoms with Crippen LogP contribution in [0.3, 0.4) is 0 Å². The van der Waals surface area contributed by atoms with Crippen molar-refractivity contribution in [3.05, 3.63) is 34.1 Å². The minimum absolute atomic E-state index is 0.0709. The van der Waals surface area contributed by atoms with E-state index < -0.39 is 0 Å². The second-order valence-corrected chi connectivity index (χ2v) is 7.24. The maximum atomic E-state index is 13.2. The van der Waals surface area contributed by atoms with Crippen LogP contribution in [0.5, 0.6) is 0 Å². The van der Waals surface area contributed by atoms with Crippen molar-refractivity contribution in [3.63, 3.8) is 0 Å². The van der Waals surface area contributed by atoms with E-state index in [0.717, 1.165) is 18.4 Å². The first kappa shape index (κ1) is 15.3. The first-order valence-corrected chi connectivity index (χ1v) is 7.60. The van der Waals surface area contributed by atoms with E-state index >= 15 is 0 Å². The Bertz CT molecular complexity index is 516. The van der Waals surface area contributed by atoms with Crippen LogP contribution < -0.4 is 11.1 Å². The summed E-state index contributed by atoms with van der Waals surface area (Å²) in [5.41, 5.74) is 6.97. The van der Waals surface area contributed by atoms with Gasteiger partial charge in [-0.1, -0.05) is 6.07 Å². The van der Waals surface area contributed by atoms with Crippen LogP contribution in [0.2, 0.25) is 0 Å². The van der Waals surface area contributed by atoms with E-state index in [9.17, 15) is 4.39 Å². The van der Waals surface area contributed by atoms with E-state index in [0.29, 0.717) is 16.4 Å². The molecular weight excluding hydrogens is 321 g/mol. The fourth-order valence-corrected chi connectivity index (χ4v) is 2.74. The number of nitrogens with zero attached hydrogens (tertiary/aromatic N) is 1. The van der Waals surface area contributed by atoms with Crippen molar-refractivity contribution in [2.75, 3.05) is 0 Å². The smallest absolute Gasteiger partial charge is 0.189 e. The van der Waals surface area contributed by atoms with Crippen LogP contribution in [0.15, 0.2) is 27.7 Å². The third-order valence-corrected chi connectivity index (χ3v) is 3.96. The van der Waals surface area contributed by atoms with Gasteiger partial charge < -0.3 is 11.1 Å². The molecule has 1 aliphatic carbocycles. The summed E-state index contributed by atoms with van der Waals surface area (Å²) in [4.78, 5) is 4.48. The average Bonchev–Trinajstić information content (AvgIpc) is 2.24. The number of halogens is 2. The first-order chi connectivity index (χ1) is 9.24. The lowest BCUT2D eigenvalue weighted by Crippen LogP contribution is -2.46. The molecule has 1 saturated carbocycles. The van der Waals surface area contributed by atoms with Crippen LogP contribution in [-0.4, -0.2) is 17.5 Å². The minimum Gasteiger partial charge on any atom is -0.370 e. The molecule has 0 heterocycles. The average molecular weight is 342 g/mol. The van der Waals surface area contributed by atoms with Crippen molar-refractivity contribution in [1.82, 2.24) is 5.32 Å². The number of rotatable bonds is 2. The summed E-state index contributed by atoms with van der Waals surface area (Å²) < 4.78 is 13.7. The molecule has 2 rings (SSSR count). The van der Waals surface area contributed by atoms with Crippen molar-refractivity contribution in [2.45, 2.75) is 51.1 Å². The number of nitrogens with two attached hydrogens (primary N) is 1. The van der Waals surface area contributed by atoms with Crippen LogP contribution in [0, 0.1) is 5.82 Å². The highest BCUT2D eigenvalue weighted by atomic mass is 79.9. The van der Waals surface area contributed by atoms with E-state index in [2.05, 4.69) is 47.0 Å². The highest BCUT2D eigenvalue weighted by Crippen LogP contribution is 2.39. The Balaban J connectivity index is 1.91. The zero-order valence-corrected chi connectivity index (χ0v) is 13.7. The molecule has 1 aromatic rings. The molecule has 0 bridgehead atoms. The normalized spacial score (nSPS) is 23.4. The van der Waals surface area contributed by atoms with Crippen molar-refractivity contribution in [2.24, 2.45) is 10.7 Å². The predicted octanol–water partition coefficient (Wildman–Crippen LogP) is 3.54. The summed E-state index contributed by atoms with van der Waals surface area (Å²) in [6, 6.07) is 5.47. The Kier molecular flexibility index (Phi) is 4.37. The molecule has 0 saturated heterocycles. The fraction of sp³-hybridized carbons (Fsp3) is 0.533. The Hall–Kier alpha value is -1.10. The Morgan fingerprint density at radius 1 is 1.40 bits per heavy atom. The topological polar surface area (TPSA) is 50.4 Å². The Morgan fingerprint density at radius 2 is 2.05 bits per heavy atom. The molecule has 0 radical (unpaired) electrons. The van der Waals surface area contributed by atoms with E-state index in [4.69, 9.17) is 5.73 Å². The molecular formula is C15H21BrFN3. The first-order valence-electron chi connectivity index (χ1n) is 6.81. The van der Waals surface area contributed by atoms with E-state index in [1.54, 1.807) is 0 Å². The molecule has 0 atom stereocenters. The summed E-state index contributed by atoms with van der Waals surface area (Å²) >= 11 is 3.22. The lowest BCUT2D eigenvalue weighted by Gasteiger charge is -2.34. The molecule has 20 heavy (non-hydrogen) atoms. The molecule has 1 aliphatic rings. The zero-order chi connectivity index (χ0) is 14.9. The number of nitrogens with one attached hydrogen (secondary N) is 1. The van der Waals surface area contributed by atoms with Gasteiger partial charge in [0.15, 0.2) is 5.96 Å². The SMILES string of the molecule is CC(C)(C)NC(N)=NC1CC(c2ccc(F)c(Br)c2)C1. The van der Waals surface area contributed by atoms with E-state index in [1.165, 1.54) is 6.07 Å². The van der Waals surface area contributed by atoms with Crippen molar-refractivity contribution >= 4 is 21.9 Å². The molecule has 0 spiro atoms. The van der Waals surface area contributed by atoms with Gasteiger partial charge >= 0.3 is 0 Å². The van der Waals surface area contributed by atoms with Crippen LogP contribution in [-0.2, 0) is 0 Å². The minimum atomic E-state index is -0.221. The lowest BCUT2D eigenvalue weighted by molar-refractivity contribution is 0.351. The van der Waals surface area contributed by atoms with Gasteiger partial charge in [0, 0.05) is 5.54 Å². The van der Waals surface area contributed by atoms with E-state index in [1.807, 2.05) is 12.1 Å². The third kappa shape index (κ3) is 3.95. The third-order valence-electron chi connectivity index (χ3n) is 3.35. The molecule has 0 unspecified atom stereocenters. The fourth-order valence-electron chi connectivity index (χ4n) is 2.34. The Labute approximate surface area is 128 Å². The number of aliphatic imine (C=N–C) groups is 1. The second kappa shape index (κ2) is 5.72. The van der Waals surface area contributed by atoms with Crippen LogP contribution >= 0.6 is 15.9 Å². The molecule has 0 amide bonds. The molecule has 1 fully saturated rings. The molecule has 110 valence electrons. The monoisotopic (exact) mass is 341 g/mol. The van der Waals surface area contributed by atoms with Gasteiger partial charge in [-0.3, -0.25) is 4.99 Å². The molecule has 5 heteroatoms. The number of benzene rings is 1. The molecule has 3 N–H and O–H groups in total. The van der Waals surface area contributed by atoms with Crippen LogP contribution in [0.4, 0.5) is 4.39 Å². The number of hydrogen-bond donors (Lipinski definition) is 2. The van der Waals surface area contributed by atoms with Gasteiger partial charge in [0.1, 0.15) is 5.82 Å². The number of hydrogen-bond acceptors (Lipinski definition) is 1.